The predicted octanol–water partition coefficient (Wildman–Crippen LogP) is 2.03. The second-order valence-electron chi connectivity index (χ2n) is 6.76. The molecule has 0 saturated carbocycles. The van der Waals surface area contributed by atoms with Gasteiger partial charge in [-0.2, -0.15) is 0 Å². The number of hydrogen-bond donors (Lipinski definition) is 1. The third kappa shape index (κ3) is 4.16. The van der Waals surface area contributed by atoms with Crippen LogP contribution in [0.5, 0.6) is 0 Å². The highest BCUT2D eigenvalue weighted by molar-refractivity contribution is 7.91. The minimum absolute atomic E-state index is 0.117. The van der Waals surface area contributed by atoms with Crippen molar-refractivity contribution in [3.63, 3.8) is 0 Å². The zero-order chi connectivity index (χ0) is 17.2. The summed E-state index contributed by atoms with van der Waals surface area (Å²) in [5.74, 6) is 1.06. The smallest absolute Gasteiger partial charge is 0.234 e. The molecule has 1 aromatic rings. The Morgan fingerprint density at radius 2 is 1.88 bits per heavy atom. The lowest BCUT2D eigenvalue weighted by molar-refractivity contribution is -0.117. The number of nitrogens with one attached hydrogen (secondary N) is 1. The van der Waals surface area contributed by atoms with Crippen LogP contribution in [0.2, 0.25) is 0 Å². The molecule has 0 radical (unpaired) electrons. The number of amides is 1. The van der Waals surface area contributed by atoms with Gasteiger partial charge in [0, 0.05) is 31.1 Å². The van der Waals surface area contributed by atoms with Crippen LogP contribution in [0.3, 0.4) is 0 Å². The molecule has 1 N–H and O–H groups in total. The van der Waals surface area contributed by atoms with Gasteiger partial charge in [0.2, 0.25) is 11.8 Å². The van der Waals surface area contributed by atoms with Gasteiger partial charge < -0.3 is 9.26 Å². The van der Waals surface area contributed by atoms with Crippen molar-refractivity contribution < 1.29 is 22.5 Å². The number of rotatable bonds is 4. The highest BCUT2D eigenvalue weighted by atomic mass is 32.2. The summed E-state index contributed by atoms with van der Waals surface area (Å²) in [6.45, 7) is 3.36. The molecular formula is C16H24N2O5S. The first-order chi connectivity index (χ1) is 11.4. The maximum Gasteiger partial charge on any atom is 0.234 e. The molecule has 0 aromatic carbocycles. The van der Waals surface area contributed by atoms with Gasteiger partial charge in [0.1, 0.15) is 9.84 Å². The molecule has 2 aliphatic rings. The Hall–Kier alpha value is -1.41. The number of nitrogens with zero attached hydrogens (tertiary/aromatic N) is 1. The van der Waals surface area contributed by atoms with Crippen molar-refractivity contribution in [3.05, 3.63) is 11.3 Å². The van der Waals surface area contributed by atoms with Gasteiger partial charge in [-0.3, -0.25) is 10.1 Å². The van der Waals surface area contributed by atoms with Crippen molar-refractivity contribution in [2.75, 3.05) is 30.0 Å². The molecule has 8 heteroatoms. The lowest BCUT2D eigenvalue weighted by Gasteiger charge is -2.21. The molecule has 1 amide bonds. The molecule has 2 aliphatic heterocycles. The van der Waals surface area contributed by atoms with Crippen LogP contribution < -0.4 is 5.32 Å². The standard InChI is InChI=1S/C16H24N2O5S/c1-11-15(13-2-6-22-7-3-13)18-23-16(11)17-14(19)10-12-4-8-24(20,21)9-5-12/h12-13H,2-10H2,1H3,(H,17,19). The minimum Gasteiger partial charge on any atom is -0.381 e. The number of sulfone groups is 1. The summed E-state index contributed by atoms with van der Waals surface area (Å²) in [4.78, 5) is 12.2. The van der Waals surface area contributed by atoms with Crippen molar-refractivity contribution in [1.82, 2.24) is 5.16 Å². The lowest BCUT2D eigenvalue weighted by atomic mass is 9.94. The van der Waals surface area contributed by atoms with Gasteiger partial charge in [0.25, 0.3) is 0 Å². The number of carbonyl (C=O) groups is 1. The first-order valence-electron chi connectivity index (χ1n) is 8.49. The van der Waals surface area contributed by atoms with E-state index in [0.717, 1.165) is 37.3 Å². The normalized spacial score (nSPS) is 22.4. The number of aromatic nitrogens is 1. The number of carbonyl (C=O) groups excluding carboxylic acids is 1. The van der Waals surface area contributed by atoms with Crippen LogP contribution in [0.1, 0.15) is 49.3 Å². The molecule has 0 spiro atoms. The SMILES string of the molecule is Cc1c(C2CCOCC2)noc1NC(=O)CC1CCS(=O)(=O)CC1. The van der Waals surface area contributed by atoms with Crippen LogP contribution in [0.25, 0.3) is 0 Å². The molecule has 134 valence electrons. The number of hydrogen-bond acceptors (Lipinski definition) is 6. The van der Waals surface area contributed by atoms with Crippen molar-refractivity contribution in [2.45, 2.75) is 44.9 Å². The molecule has 2 saturated heterocycles. The molecule has 1 aromatic heterocycles. The molecule has 0 aliphatic carbocycles. The Kier molecular flexibility index (Phi) is 5.24. The van der Waals surface area contributed by atoms with Gasteiger partial charge >= 0.3 is 0 Å². The van der Waals surface area contributed by atoms with Crippen LogP contribution in [-0.4, -0.2) is 44.2 Å². The van der Waals surface area contributed by atoms with Crippen LogP contribution >= 0.6 is 0 Å². The highest BCUT2D eigenvalue weighted by Crippen LogP contribution is 2.32. The minimum atomic E-state index is -2.90. The van der Waals surface area contributed by atoms with E-state index >= 15 is 0 Å². The summed E-state index contributed by atoms with van der Waals surface area (Å²) >= 11 is 0. The molecule has 24 heavy (non-hydrogen) atoms. The maximum atomic E-state index is 12.2. The first-order valence-corrected chi connectivity index (χ1v) is 10.3. The van der Waals surface area contributed by atoms with E-state index in [9.17, 15) is 13.2 Å². The number of anilines is 1. The predicted molar refractivity (Wildman–Crippen MR) is 88.7 cm³/mol. The fraction of sp³-hybridized carbons (Fsp3) is 0.750. The van der Waals surface area contributed by atoms with Crippen LogP contribution in [0.15, 0.2) is 4.52 Å². The van der Waals surface area contributed by atoms with Crippen molar-refractivity contribution >= 4 is 21.6 Å². The van der Waals surface area contributed by atoms with Crippen molar-refractivity contribution in [3.8, 4) is 0 Å². The average Bonchev–Trinajstić information content (AvgIpc) is 2.91. The Labute approximate surface area is 142 Å². The summed E-state index contributed by atoms with van der Waals surface area (Å²) in [7, 11) is -2.90. The van der Waals surface area contributed by atoms with E-state index in [4.69, 9.17) is 9.26 Å². The molecule has 0 unspecified atom stereocenters. The highest BCUT2D eigenvalue weighted by Gasteiger charge is 2.27. The fourth-order valence-electron chi connectivity index (χ4n) is 3.40. The van der Waals surface area contributed by atoms with Crippen LogP contribution in [-0.2, 0) is 19.4 Å². The fourth-order valence-corrected chi connectivity index (χ4v) is 4.99. The van der Waals surface area contributed by atoms with Crippen LogP contribution in [0, 0.1) is 12.8 Å². The summed E-state index contributed by atoms with van der Waals surface area (Å²) in [6, 6.07) is 0. The summed E-state index contributed by atoms with van der Waals surface area (Å²) < 4.78 is 33.6. The van der Waals surface area contributed by atoms with E-state index in [1.54, 1.807) is 0 Å². The molecule has 0 bridgehead atoms. The van der Waals surface area contributed by atoms with E-state index < -0.39 is 9.84 Å². The zero-order valence-electron chi connectivity index (χ0n) is 13.9. The molecule has 7 nitrogen and oxygen atoms in total. The van der Waals surface area contributed by atoms with Gasteiger partial charge in [-0.1, -0.05) is 5.16 Å². The van der Waals surface area contributed by atoms with E-state index in [2.05, 4.69) is 10.5 Å². The molecule has 0 atom stereocenters. The third-order valence-electron chi connectivity index (χ3n) is 4.97. The summed E-state index contributed by atoms with van der Waals surface area (Å²) in [5.41, 5.74) is 1.78. The zero-order valence-corrected chi connectivity index (χ0v) is 14.7. The Morgan fingerprint density at radius 3 is 2.54 bits per heavy atom. The van der Waals surface area contributed by atoms with Crippen molar-refractivity contribution in [2.24, 2.45) is 5.92 Å². The Balaban J connectivity index is 1.56. The first kappa shape index (κ1) is 17.4. The summed E-state index contributed by atoms with van der Waals surface area (Å²) in [5, 5.41) is 6.92. The quantitative estimate of drug-likeness (QED) is 0.886. The largest absolute Gasteiger partial charge is 0.381 e. The van der Waals surface area contributed by atoms with Gasteiger partial charge in [-0.15, -0.1) is 0 Å². The van der Waals surface area contributed by atoms with E-state index in [-0.39, 0.29) is 23.3 Å². The molecular weight excluding hydrogens is 332 g/mol. The van der Waals surface area contributed by atoms with Crippen molar-refractivity contribution in [1.29, 1.82) is 0 Å². The van der Waals surface area contributed by atoms with E-state index in [0.29, 0.717) is 31.1 Å². The monoisotopic (exact) mass is 356 g/mol. The Bertz CT molecular complexity index is 677. The van der Waals surface area contributed by atoms with Gasteiger partial charge in [-0.05, 0) is 38.5 Å². The van der Waals surface area contributed by atoms with Gasteiger partial charge in [-0.25, -0.2) is 8.42 Å². The lowest BCUT2D eigenvalue weighted by Crippen LogP contribution is -2.26. The molecule has 2 fully saturated rings. The molecule has 3 rings (SSSR count). The van der Waals surface area contributed by atoms with Gasteiger partial charge in [0.15, 0.2) is 0 Å². The maximum absolute atomic E-state index is 12.2. The van der Waals surface area contributed by atoms with Gasteiger partial charge in [0.05, 0.1) is 17.2 Å². The second kappa shape index (κ2) is 7.23. The molecule has 3 heterocycles. The van der Waals surface area contributed by atoms with E-state index in [1.165, 1.54) is 0 Å². The topological polar surface area (TPSA) is 98.5 Å². The Morgan fingerprint density at radius 1 is 1.21 bits per heavy atom. The third-order valence-corrected chi connectivity index (χ3v) is 6.68. The average molecular weight is 356 g/mol. The summed E-state index contributed by atoms with van der Waals surface area (Å²) in [6.07, 6.45) is 3.26. The second-order valence-corrected chi connectivity index (χ2v) is 9.06. The number of ether oxygens (including phenoxy) is 1. The van der Waals surface area contributed by atoms with E-state index in [1.807, 2.05) is 6.92 Å². The van der Waals surface area contributed by atoms with Crippen LogP contribution in [0.4, 0.5) is 5.88 Å².